The first-order chi connectivity index (χ1) is 16.9. The van der Waals surface area contributed by atoms with Crippen molar-refractivity contribution in [2.24, 2.45) is 22.4 Å². The van der Waals surface area contributed by atoms with Crippen molar-refractivity contribution in [3.63, 3.8) is 0 Å². The minimum atomic E-state index is -1.99. The van der Waals surface area contributed by atoms with Crippen molar-refractivity contribution in [3.8, 4) is 5.75 Å². The zero-order valence-electron chi connectivity index (χ0n) is 24.7. The first-order valence-electron chi connectivity index (χ1n) is 13.5. The zero-order valence-corrected chi connectivity index (χ0v) is 26.7. The molecule has 0 fully saturated rings. The SMILES string of the molecule is CC(C)(C)[Si](C)(C)OC[C@@H](Cc1ccc(O[Si](C)(C)C(C)(C)C)cc1)C1(N)c2ccccc2N=CC1N. The second-order valence-corrected chi connectivity index (χ2v) is 23.3. The maximum atomic E-state index is 7.31. The first-order valence-corrected chi connectivity index (χ1v) is 19.3. The molecule has 0 radical (unpaired) electrons. The maximum Gasteiger partial charge on any atom is 0.250 e. The summed E-state index contributed by atoms with van der Waals surface area (Å²) < 4.78 is 13.3. The minimum Gasteiger partial charge on any atom is -0.544 e. The second kappa shape index (κ2) is 10.4. The first kappa shape index (κ1) is 29.8. The summed E-state index contributed by atoms with van der Waals surface area (Å²) in [4.78, 5) is 4.60. The van der Waals surface area contributed by atoms with Crippen LogP contribution in [0.3, 0.4) is 0 Å². The molecule has 204 valence electrons. The maximum absolute atomic E-state index is 7.31. The summed E-state index contributed by atoms with van der Waals surface area (Å²) in [6, 6.07) is 16.2. The summed E-state index contributed by atoms with van der Waals surface area (Å²) in [6.07, 6.45) is 2.55. The van der Waals surface area contributed by atoms with Gasteiger partial charge in [0.25, 0.3) is 0 Å². The molecule has 3 atom stereocenters. The number of aliphatic imine (C=N–C) groups is 1. The van der Waals surface area contributed by atoms with Crippen molar-refractivity contribution < 1.29 is 8.85 Å². The monoisotopic (exact) mass is 539 g/mol. The molecule has 0 saturated carbocycles. The van der Waals surface area contributed by atoms with E-state index in [1.54, 1.807) is 6.21 Å². The molecule has 4 N–H and O–H groups in total. The molecular weight excluding hydrogens is 491 g/mol. The van der Waals surface area contributed by atoms with Gasteiger partial charge in [-0.3, -0.25) is 4.99 Å². The highest BCUT2D eigenvalue weighted by Gasteiger charge is 2.46. The number of nitrogens with zero attached hydrogens (tertiary/aromatic N) is 1. The number of hydrogen-bond acceptors (Lipinski definition) is 5. The third kappa shape index (κ3) is 6.28. The van der Waals surface area contributed by atoms with Crippen molar-refractivity contribution in [2.45, 2.75) is 95.8 Å². The average Bonchev–Trinajstić information content (AvgIpc) is 2.78. The van der Waals surface area contributed by atoms with Gasteiger partial charge in [0.2, 0.25) is 8.32 Å². The van der Waals surface area contributed by atoms with E-state index in [0.717, 1.165) is 23.4 Å². The van der Waals surface area contributed by atoms with Crippen molar-refractivity contribution in [1.82, 2.24) is 0 Å². The molecule has 1 aliphatic heterocycles. The van der Waals surface area contributed by atoms with Gasteiger partial charge < -0.3 is 20.3 Å². The van der Waals surface area contributed by atoms with E-state index >= 15 is 0 Å². The molecule has 2 aromatic rings. The number of hydrogen-bond donors (Lipinski definition) is 2. The third-order valence-corrected chi connectivity index (χ3v) is 17.9. The molecule has 0 spiro atoms. The Labute approximate surface area is 227 Å². The standard InChI is InChI=1S/C30H49N3O2Si2/c1-28(2,3)36(7,8)34-21-23(30(32)25-13-11-12-14-26(25)33-20-27(30)31)19-22-15-17-24(18-16-22)35-37(9,10)29(4,5)6/h11-18,20,23,27H,19,21,31-32H2,1-10H3/t23-,27?,30?/m1/s1. The van der Waals surface area contributed by atoms with E-state index < -0.39 is 28.2 Å². The lowest BCUT2D eigenvalue weighted by atomic mass is 9.70. The number of rotatable bonds is 8. The second-order valence-electron chi connectivity index (χ2n) is 13.7. The predicted molar refractivity (Wildman–Crippen MR) is 163 cm³/mol. The number of benzene rings is 2. The van der Waals surface area contributed by atoms with Gasteiger partial charge in [-0.1, -0.05) is 71.9 Å². The van der Waals surface area contributed by atoms with Crippen LogP contribution in [0.2, 0.25) is 36.3 Å². The van der Waals surface area contributed by atoms with Gasteiger partial charge in [0.1, 0.15) is 5.75 Å². The van der Waals surface area contributed by atoms with Crippen LogP contribution in [0.5, 0.6) is 5.75 Å². The molecule has 0 aromatic heterocycles. The van der Waals surface area contributed by atoms with Crippen molar-refractivity contribution in [1.29, 1.82) is 0 Å². The lowest BCUT2D eigenvalue weighted by Gasteiger charge is -2.45. The highest BCUT2D eigenvalue weighted by atomic mass is 28.4. The van der Waals surface area contributed by atoms with E-state index in [9.17, 15) is 0 Å². The normalized spacial score (nSPS) is 21.5. The van der Waals surface area contributed by atoms with Crippen LogP contribution in [-0.4, -0.2) is 35.5 Å². The molecule has 1 heterocycles. The highest BCUT2D eigenvalue weighted by Crippen LogP contribution is 2.43. The van der Waals surface area contributed by atoms with Crippen LogP contribution in [0.1, 0.15) is 52.7 Å². The highest BCUT2D eigenvalue weighted by molar-refractivity contribution is 6.75. The lowest BCUT2D eigenvalue weighted by Crippen LogP contribution is -2.61. The molecule has 37 heavy (non-hydrogen) atoms. The van der Waals surface area contributed by atoms with Crippen molar-refractivity contribution in [3.05, 3.63) is 59.7 Å². The topological polar surface area (TPSA) is 82.9 Å². The van der Waals surface area contributed by atoms with E-state index in [4.69, 9.17) is 20.3 Å². The van der Waals surface area contributed by atoms with Crippen LogP contribution in [0, 0.1) is 5.92 Å². The smallest absolute Gasteiger partial charge is 0.250 e. The molecule has 2 aromatic carbocycles. The Morgan fingerprint density at radius 1 is 0.892 bits per heavy atom. The van der Waals surface area contributed by atoms with E-state index in [1.165, 1.54) is 5.56 Å². The fourth-order valence-corrected chi connectivity index (χ4v) is 6.31. The van der Waals surface area contributed by atoms with Gasteiger partial charge in [-0.25, -0.2) is 0 Å². The Hall–Kier alpha value is -1.78. The molecule has 3 rings (SSSR count). The average molecular weight is 540 g/mol. The van der Waals surface area contributed by atoms with Gasteiger partial charge in [0.15, 0.2) is 8.32 Å². The van der Waals surface area contributed by atoms with Gasteiger partial charge in [-0.05, 0) is 72.0 Å². The molecule has 0 amide bonds. The van der Waals surface area contributed by atoms with Gasteiger partial charge in [-0.2, -0.15) is 0 Å². The van der Waals surface area contributed by atoms with E-state index in [-0.39, 0.29) is 16.0 Å². The van der Waals surface area contributed by atoms with Crippen molar-refractivity contribution in [2.75, 3.05) is 6.61 Å². The van der Waals surface area contributed by atoms with Gasteiger partial charge in [0, 0.05) is 18.7 Å². The van der Waals surface area contributed by atoms with Crippen LogP contribution >= 0.6 is 0 Å². The van der Waals surface area contributed by atoms with Gasteiger partial charge >= 0.3 is 0 Å². The fourth-order valence-electron chi connectivity index (χ4n) is 4.22. The molecule has 0 saturated heterocycles. The van der Waals surface area contributed by atoms with Gasteiger partial charge in [-0.15, -0.1) is 0 Å². The molecule has 7 heteroatoms. The van der Waals surface area contributed by atoms with Crippen molar-refractivity contribution >= 4 is 28.5 Å². The number of para-hydroxylation sites is 1. The van der Waals surface area contributed by atoms with E-state index in [2.05, 4.69) is 103 Å². The van der Waals surface area contributed by atoms with Crippen LogP contribution in [0.4, 0.5) is 5.69 Å². The summed E-state index contributed by atoms with van der Waals surface area (Å²) in [5, 5.41) is 0.256. The number of nitrogens with two attached hydrogens (primary N) is 2. The van der Waals surface area contributed by atoms with Crippen LogP contribution in [0.15, 0.2) is 53.5 Å². The Kier molecular flexibility index (Phi) is 8.38. The van der Waals surface area contributed by atoms with Gasteiger partial charge in [0.05, 0.1) is 17.3 Å². The minimum absolute atomic E-state index is 0.0308. The summed E-state index contributed by atoms with van der Waals surface area (Å²) in [7, 11) is -3.89. The largest absolute Gasteiger partial charge is 0.544 e. The Morgan fingerprint density at radius 3 is 2.03 bits per heavy atom. The predicted octanol–water partition coefficient (Wildman–Crippen LogP) is 7.15. The fraction of sp³-hybridized carbons (Fsp3) is 0.567. The molecule has 0 aliphatic carbocycles. The van der Waals surface area contributed by atoms with E-state index in [0.29, 0.717) is 6.61 Å². The van der Waals surface area contributed by atoms with Crippen LogP contribution in [0.25, 0.3) is 0 Å². The quantitative estimate of drug-likeness (QED) is 0.349. The molecule has 1 aliphatic rings. The lowest BCUT2D eigenvalue weighted by molar-refractivity contribution is 0.147. The zero-order chi connectivity index (χ0) is 27.9. The Balaban J connectivity index is 1.94. The molecule has 2 unspecified atom stereocenters. The Bertz CT molecular complexity index is 1100. The van der Waals surface area contributed by atoms with E-state index in [1.807, 2.05) is 18.2 Å². The molecular formula is C30H49N3O2Si2. The number of fused-ring (bicyclic) bond motifs is 1. The summed E-state index contributed by atoms with van der Waals surface area (Å²) >= 11 is 0. The third-order valence-electron chi connectivity index (χ3n) is 9.01. The Morgan fingerprint density at radius 2 is 1.46 bits per heavy atom. The summed E-state index contributed by atoms with van der Waals surface area (Å²) in [6.45, 7) is 23.2. The van der Waals surface area contributed by atoms with Crippen LogP contribution < -0.4 is 15.9 Å². The summed E-state index contributed by atoms with van der Waals surface area (Å²) in [5.74, 6) is 0.899. The molecule has 0 bridgehead atoms. The molecule has 5 nitrogen and oxygen atoms in total. The van der Waals surface area contributed by atoms with Crippen LogP contribution in [-0.2, 0) is 16.4 Å². The summed E-state index contributed by atoms with van der Waals surface area (Å²) in [5.41, 5.74) is 16.3.